The minimum absolute atomic E-state index is 0.0588. The van der Waals surface area contributed by atoms with Crippen LogP contribution in [0.15, 0.2) is 59.0 Å². The van der Waals surface area contributed by atoms with Crippen LogP contribution in [-0.2, 0) is 0 Å². The van der Waals surface area contributed by atoms with Gasteiger partial charge >= 0.3 is 0 Å². The molecule has 0 fully saturated rings. The molecule has 1 aromatic heterocycles. The zero-order chi connectivity index (χ0) is 18.5. The number of aromatic nitrogens is 2. The second kappa shape index (κ2) is 7.34. The molecular formula is C17H15N5O4. The second-order valence-corrected chi connectivity index (χ2v) is 5.16. The van der Waals surface area contributed by atoms with Crippen LogP contribution in [0.1, 0.15) is 10.5 Å². The van der Waals surface area contributed by atoms with E-state index >= 15 is 0 Å². The summed E-state index contributed by atoms with van der Waals surface area (Å²) in [5.74, 6) is -0.0536. The number of phenolic OH excluding ortho intramolecular Hbond substituents is 2. The summed E-state index contributed by atoms with van der Waals surface area (Å²) in [5.41, 5.74) is 0.819. The van der Waals surface area contributed by atoms with Crippen LogP contribution in [0.2, 0.25) is 0 Å². The van der Waals surface area contributed by atoms with Crippen molar-refractivity contribution < 1.29 is 19.7 Å². The molecule has 0 saturated carbocycles. The number of amides is 1. The van der Waals surface area contributed by atoms with E-state index in [0.717, 1.165) is 6.07 Å². The fraction of sp³-hybridized carbons (Fsp3) is 0.0588. The lowest BCUT2D eigenvalue weighted by molar-refractivity contribution is 0.102. The van der Waals surface area contributed by atoms with Gasteiger partial charge in [-0.3, -0.25) is 4.79 Å². The van der Waals surface area contributed by atoms with Gasteiger partial charge in [-0.1, -0.05) is 0 Å². The molecule has 1 amide bonds. The largest absolute Gasteiger partial charge is 0.508 e. The Labute approximate surface area is 148 Å². The smallest absolute Gasteiger partial charge is 0.276 e. The van der Waals surface area contributed by atoms with E-state index in [0.29, 0.717) is 11.4 Å². The Bertz CT molecular complexity index is 950. The van der Waals surface area contributed by atoms with E-state index in [1.807, 2.05) is 0 Å². The zero-order valence-electron chi connectivity index (χ0n) is 13.7. The number of rotatable bonds is 5. The van der Waals surface area contributed by atoms with E-state index in [1.54, 1.807) is 31.4 Å². The molecule has 0 unspecified atom stereocenters. The van der Waals surface area contributed by atoms with Crippen molar-refractivity contribution in [3.05, 3.63) is 54.5 Å². The number of hydrogen-bond donors (Lipinski definition) is 4. The number of anilines is 1. The lowest BCUT2D eigenvalue weighted by Gasteiger charge is -2.05. The average Bonchev–Trinajstić information content (AvgIpc) is 3.10. The van der Waals surface area contributed by atoms with E-state index in [-0.39, 0.29) is 28.7 Å². The first-order chi connectivity index (χ1) is 12.6. The first-order valence-electron chi connectivity index (χ1n) is 7.49. The number of aromatic hydroxyl groups is 2. The number of imidazole rings is 1. The predicted octanol–water partition coefficient (Wildman–Crippen LogP) is 3.50. The van der Waals surface area contributed by atoms with Crippen molar-refractivity contribution in [2.45, 2.75) is 0 Å². The van der Waals surface area contributed by atoms with Gasteiger partial charge < -0.3 is 25.3 Å². The van der Waals surface area contributed by atoms with Gasteiger partial charge in [-0.15, -0.1) is 10.2 Å². The Morgan fingerprint density at radius 3 is 2.62 bits per heavy atom. The summed E-state index contributed by atoms with van der Waals surface area (Å²) in [5, 5.41) is 29.4. The summed E-state index contributed by atoms with van der Waals surface area (Å²) in [4.78, 5) is 19.0. The van der Waals surface area contributed by atoms with Gasteiger partial charge in [0.05, 0.1) is 13.4 Å². The molecule has 132 valence electrons. The molecule has 9 heteroatoms. The van der Waals surface area contributed by atoms with Gasteiger partial charge in [-0.25, -0.2) is 4.98 Å². The summed E-state index contributed by atoms with van der Waals surface area (Å²) in [7, 11) is 1.56. The molecule has 0 radical (unpaired) electrons. The van der Waals surface area contributed by atoms with E-state index in [1.165, 1.54) is 18.5 Å². The summed E-state index contributed by atoms with van der Waals surface area (Å²) in [6.45, 7) is 0. The van der Waals surface area contributed by atoms with E-state index in [2.05, 4.69) is 25.5 Å². The molecular weight excluding hydrogens is 338 g/mol. The van der Waals surface area contributed by atoms with Gasteiger partial charge in [0.1, 0.15) is 22.9 Å². The normalized spacial score (nSPS) is 10.8. The maximum atomic E-state index is 12.4. The van der Waals surface area contributed by atoms with Crippen LogP contribution in [0, 0.1) is 0 Å². The summed E-state index contributed by atoms with van der Waals surface area (Å²) in [6.07, 6.45) is 1.31. The van der Waals surface area contributed by atoms with Crippen LogP contribution in [0.25, 0.3) is 0 Å². The highest BCUT2D eigenvalue weighted by Gasteiger charge is 2.15. The number of aromatic amines is 1. The Morgan fingerprint density at radius 2 is 1.92 bits per heavy atom. The number of phenols is 2. The van der Waals surface area contributed by atoms with Crippen molar-refractivity contribution in [1.82, 2.24) is 9.97 Å². The van der Waals surface area contributed by atoms with Crippen molar-refractivity contribution in [3.63, 3.8) is 0 Å². The highest BCUT2D eigenvalue weighted by Crippen LogP contribution is 2.31. The maximum absolute atomic E-state index is 12.4. The lowest BCUT2D eigenvalue weighted by atomic mass is 10.3. The number of nitrogens with one attached hydrogen (secondary N) is 2. The quantitative estimate of drug-likeness (QED) is 0.521. The number of hydrogen-bond acceptors (Lipinski definition) is 7. The first kappa shape index (κ1) is 17.0. The molecule has 26 heavy (non-hydrogen) atoms. The molecule has 3 rings (SSSR count). The van der Waals surface area contributed by atoms with Crippen molar-refractivity contribution in [2.75, 3.05) is 12.4 Å². The van der Waals surface area contributed by atoms with Gasteiger partial charge in [-0.2, -0.15) is 0 Å². The molecule has 3 aromatic rings. The molecule has 0 spiro atoms. The van der Waals surface area contributed by atoms with E-state index in [4.69, 9.17) is 4.74 Å². The Balaban J connectivity index is 1.76. The standard InChI is InChI=1S/C17H15N5O4/c1-26-12-5-2-10(3-6-12)20-17(25)15-16(19-9-18-15)22-21-13-7-4-11(23)8-14(13)24/h2-9,23-24H,1H3,(H,18,19)(H,20,25). The highest BCUT2D eigenvalue weighted by molar-refractivity contribution is 6.05. The number of carbonyl (C=O) groups excluding carboxylic acids is 1. The van der Waals surface area contributed by atoms with E-state index in [9.17, 15) is 15.0 Å². The molecule has 0 bridgehead atoms. The third kappa shape index (κ3) is 3.78. The Hall–Kier alpha value is -3.88. The van der Waals surface area contributed by atoms with Crippen LogP contribution in [0.3, 0.4) is 0 Å². The second-order valence-electron chi connectivity index (χ2n) is 5.16. The number of nitrogens with zero attached hydrogens (tertiary/aromatic N) is 3. The van der Waals surface area contributed by atoms with E-state index < -0.39 is 5.91 Å². The number of ether oxygens (including phenoxy) is 1. The third-order valence-corrected chi connectivity index (χ3v) is 3.41. The lowest BCUT2D eigenvalue weighted by Crippen LogP contribution is -2.12. The van der Waals surface area contributed by atoms with Gasteiger partial charge in [0.25, 0.3) is 5.91 Å². The van der Waals surface area contributed by atoms with Crippen LogP contribution in [0.4, 0.5) is 17.2 Å². The SMILES string of the molecule is COc1ccc(NC(=O)c2[nH]cnc2N=Nc2ccc(O)cc2O)cc1. The minimum Gasteiger partial charge on any atom is -0.508 e. The minimum atomic E-state index is -0.448. The zero-order valence-corrected chi connectivity index (χ0v) is 13.7. The summed E-state index contributed by atoms with van der Waals surface area (Å²) < 4.78 is 5.06. The van der Waals surface area contributed by atoms with Crippen LogP contribution in [-0.4, -0.2) is 33.2 Å². The van der Waals surface area contributed by atoms with Crippen molar-refractivity contribution in [1.29, 1.82) is 0 Å². The Morgan fingerprint density at radius 1 is 1.15 bits per heavy atom. The van der Waals surface area contributed by atoms with Crippen LogP contribution < -0.4 is 10.1 Å². The molecule has 0 aliphatic carbocycles. The van der Waals surface area contributed by atoms with Gasteiger partial charge in [-0.05, 0) is 36.4 Å². The molecule has 0 saturated heterocycles. The van der Waals surface area contributed by atoms with Crippen LogP contribution in [0.5, 0.6) is 17.2 Å². The van der Waals surface area contributed by atoms with Gasteiger partial charge in [0, 0.05) is 11.8 Å². The number of benzene rings is 2. The Kier molecular flexibility index (Phi) is 4.79. The molecule has 2 aromatic carbocycles. The number of methoxy groups -OCH3 is 1. The molecule has 0 aliphatic rings. The van der Waals surface area contributed by atoms with Gasteiger partial charge in [0.15, 0.2) is 5.69 Å². The van der Waals surface area contributed by atoms with Crippen LogP contribution >= 0.6 is 0 Å². The predicted molar refractivity (Wildman–Crippen MR) is 93.5 cm³/mol. The fourth-order valence-corrected chi connectivity index (χ4v) is 2.10. The third-order valence-electron chi connectivity index (χ3n) is 3.41. The van der Waals surface area contributed by atoms with Gasteiger partial charge in [0.2, 0.25) is 5.82 Å². The maximum Gasteiger partial charge on any atom is 0.276 e. The molecule has 0 aliphatic heterocycles. The van der Waals surface area contributed by atoms with Crippen molar-refractivity contribution >= 4 is 23.1 Å². The number of H-pyrrole nitrogens is 1. The number of azo groups is 1. The highest BCUT2D eigenvalue weighted by atomic mass is 16.5. The number of carbonyl (C=O) groups is 1. The van der Waals surface area contributed by atoms with Crippen molar-refractivity contribution in [3.8, 4) is 17.2 Å². The topological polar surface area (TPSA) is 132 Å². The van der Waals surface area contributed by atoms with Crippen molar-refractivity contribution in [2.24, 2.45) is 10.2 Å². The average molecular weight is 353 g/mol. The molecule has 1 heterocycles. The molecule has 9 nitrogen and oxygen atoms in total. The fourth-order valence-electron chi connectivity index (χ4n) is 2.10. The summed E-state index contributed by atoms with van der Waals surface area (Å²) in [6, 6.07) is 10.7. The summed E-state index contributed by atoms with van der Waals surface area (Å²) >= 11 is 0. The molecule has 4 N–H and O–H groups in total. The monoisotopic (exact) mass is 353 g/mol. The first-order valence-corrected chi connectivity index (χ1v) is 7.49. The molecule has 0 atom stereocenters.